The van der Waals surface area contributed by atoms with E-state index < -0.39 is 34.8 Å². The number of imidazole rings is 1. The van der Waals surface area contributed by atoms with E-state index in [0.717, 1.165) is 12.1 Å². The Labute approximate surface area is 151 Å². The highest BCUT2D eigenvalue weighted by atomic mass is 19.1. The summed E-state index contributed by atoms with van der Waals surface area (Å²) in [5.74, 6) is -3.56. The molecule has 1 aromatic carbocycles. The van der Waals surface area contributed by atoms with Crippen LogP contribution in [0.15, 0.2) is 43.0 Å². The van der Waals surface area contributed by atoms with E-state index in [2.05, 4.69) is 20.5 Å². The van der Waals surface area contributed by atoms with Crippen LogP contribution in [0.1, 0.15) is 27.8 Å². The summed E-state index contributed by atoms with van der Waals surface area (Å²) >= 11 is 0. The fourth-order valence-electron chi connectivity index (χ4n) is 2.23. The highest BCUT2D eigenvalue weighted by Gasteiger charge is 2.24. The molecule has 3 rings (SSSR count). The Morgan fingerprint density at radius 2 is 1.93 bits per heavy atom. The Hall–Kier alpha value is -3.69. The number of aromatic nitrogens is 4. The molecule has 138 valence electrons. The largest absolute Gasteiger partial charge is 0.462 e. The summed E-state index contributed by atoms with van der Waals surface area (Å²) in [7, 11) is 0. The van der Waals surface area contributed by atoms with Crippen molar-refractivity contribution < 1.29 is 23.1 Å². The summed E-state index contributed by atoms with van der Waals surface area (Å²) in [6.45, 7) is 1.48. The van der Waals surface area contributed by atoms with Crippen molar-refractivity contribution >= 4 is 17.6 Å². The lowest BCUT2D eigenvalue weighted by molar-refractivity contribution is 0.0522. The Bertz CT molecular complexity index is 975. The molecule has 2 aromatic heterocycles. The lowest BCUT2D eigenvalue weighted by Gasteiger charge is -2.12. The van der Waals surface area contributed by atoms with Crippen molar-refractivity contribution in [2.75, 3.05) is 11.9 Å². The van der Waals surface area contributed by atoms with Crippen molar-refractivity contribution in [3.63, 3.8) is 0 Å². The van der Waals surface area contributed by atoms with Crippen molar-refractivity contribution in [2.24, 2.45) is 0 Å². The molecule has 0 fully saturated rings. The van der Waals surface area contributed by atoms with Crippen molar-refractivity contribution in [1.82, 2.24) is 19.7 Å². The van der Waals surface area contributed by atoms with Gasteiger partial charge in [-0.3, -0.25) is 9.36 Å². The van der Waals surface area contributed by atoms with Gasteiger partial charge < -0.3 is 10.1 Å². The molecule has 0 aliphatic heterocycles. The van der Waals surface area contributed by atoms with Gasteiger partial charge in [0, 0.05) is 12.4 Å². The highest BCUT2D eigenvalue weighted by molar-refractivity contribution is 6.07. The normalized spacial score (nSPS) is 10.5. The summed E-state index contributed by atoms with van der Waals surface area (Å²) in [5.41, 5.74) is -1.48. The number of halogens is 2. The second kappa shape index (κ2) is 7.68. The quantitative estimate of drug-likeness (QED) is 0.690. The van der Waals surface area contributed by atoms with Gasteiger partial charge in [0.05, 0.1) is 12.3 Å². The van der Waals surface area contributed by atoms with E-state index in [4.69, 9.17) is 4.74 Å². The lowest BCUT2D eigenvalue weighted by Crippen LogP contribution is -2.20. The molecule has 0 aliphatic carbocycles. The first-order valence-electron chi connectivity index (χ1n) is 7.79. The molecule has 1 N–H and O–H groups in total. The molecule has 0 saturated heterocycles. The van der Waals surface area contributed by atoms with Crippen molar-refractivity contribution in [1.29, 1.82) is 0 Å². The molecule has 0 unspecified atom stereocenters. The zero-order valence-corrected chi connectivity index (χ0v) is 14.0. The van der Waals surface area contributed by atoms with Gasteiger partial charge in [0.2, 0.25) is 0 Å². The number of benzene rings is 1. The number of nitrogens with zero attached hydrogens (tertiary/aromatic N) is 4. The minimum atomic E-state index is -1.09. The molecule has 0 atom stereocenters. The summed E-state index contributed by atoms with van der Waals surface area (Å²) in [6, 6.07) is 4.41. The molecule has 0 bridgehead atoms. The fraction of sp³-hybridized carbons (Fsp3) is 0.118. The third kappa shape index (κ3) is 3.78. The van der Waals surface area contributed by atoms with E-state index in [0.29, 0.717) is 5.82 Å². The maximum Gasteiger partial charge on any atom is 0.343 e. The number of nitrogens with one attached hydrogen (secondary N) is 1. The van der Waals surface area contributed by atoms with Gasteiger partial charge in [0.1, 0.15) is 23.5 Å². The standard InChI is InChI=1S/C17H13F2N5O3/c1-2-27-17(26)14-10(18)3-4-11(19)15(14)21-16(25)12-5-6-13(23-22-12)24-8-7-20-9-24/h3-9H,2H2,1H3,(H,21,25). The van der Waals surface area contributed by atoms with Crippen LogP contribution in [0, 0.1) is 11.6 Å². The third-order valence-corrected chi connectivity index (χ3v) is 3.47. The number of hydrogen-bond acceptors (Lipinski definition) is 6. The molecule has 1 amide bonds. The molecule has 0 radical (unpaired) electrons. The average molecular weight is 373 g/mol. The second-order valence-corrected chi connectivity index (χ2v) is 5.20. The molecule has 10 heteroatoms. The number of esters is 1. The van der Waals surface area contributed by atoms with Crippen LogP contribution in [-0.2, 0) is 4.74 Å². The fourth-order valence-corrected chi connectivity index (χ4v) is 2.23. The SMILES string of the molecule is CCOC(=O)c1c(F)ccc(F)c1NC(=O)c1ccc(-n2ccnc2)nn1. The van der Waals surface area contributed by atoms with Crippen LogP contribution in [0.4, 0.5) is 14.5 Å². The van der Waals surface area contributed by atoms with Gasteiger partial charge >= 0.3 is 5.97 Å². The number of carbonyl (C=O) groups is 2. The lowest BCUT2D eigenvalue weighted by atomic mass is 10.1. The van der Waals surface area contributed by atoms with Crippen molar-refractivity contribution in [3.05, 3.63) is 65.9 Å². The van der Waals surface area contributed by atoms with Gasteiger partial charge in [0.25, 0.3) is 5.91 Å². The summed E-state index contributed by atoms with van der Waals surface area (Å²) in [6.07, 6.45) is 4.68. The molecule has 3 aromatic rings. The zero-order valence-electron chi connectivity index (χ0n) is 14.0. The highest BCUT2D eigenvalue weighted by Crippen LogP contribution is 2.24. The Balaban J connectivity index is 1.88. The van der Waals surface area contributed by atoms with E-state index in [1.165, 1.54) is 25.4 Å². The first-order valence-corrected chi connectivity index (χ1v) is 7.79. The number of amides is 1. The minimum absolute atomic E-state index is 0.0383. The van der Waals surface area contributed by atoms with Crippen LogP contribution in [-0.4, -0.2) is 38.2 Å². The predicted molar refractivity (Wildman–Crippen MR) is 89.4 cm³/mol. The zero-order chi connectivity index (χ0) is 19.4. The van der Waals surface area contributed by atoms with Crippen LogP contribution >= 0.6 is 0 Å². The first-order chi connectivity index (χ1) is 13.0. The van der Waals surface area contributed by atoms with Crippen molar-refractivity contribution in [3.8, 4) is 5.82 Å². The monoisotopic (exact) mass is 373 g/mol. The van der Waals surface area contributed by atoms with Crippen LogP contribution < -0.4 is 5.32 Å². The topological polar surface area (TPSA) is 99.0 Å². The van der Waals surface area contributed by atoms with Gasteiger partial charge in [-0.25, -0.2) is 18.6 Å². The number of hydrogen-bond donors (Lipinski definition) is 1. The van der Waals surface area contributed by atoms with Gasteiger partial charge in [-0.1, -0.05) is 0 Å². The Morgan fingerprint density at radius 1 is 1.15 bits per heavy atom. The molecule has 0 saturated carbocycles. The third-order valence-electron chi connectivity index (χ3n) is 3.47. The van der Waals surface area contributed by atoms with E-state index in [1.54, 1.807) is 17.0 Å². The second-order valence-electron chi connectivity index (χ2n) is 5.20. The maximum atomic E-state index is 14.1. The summed E-state index contributed by atoms with van der Waals surface area (Å²) in [5, 5.41) is 9.77. The molecular formula is C17H13F2N5O3. The van der Waals surface area contributed by atoms with E-state index in [9.17, 15) is 18.4 Å². The molecule has 2 heterocycles. The molecule has 0 aliphatic rings. The van der Waals surface area contributed by atoms with Gasteiger partial charge in [-0.05, 0) is 31.2 Å². The number of ether oxygens (including phenoxy) is 1. The number of anilines is 1. The van der Waals surface area contributed by atoms with Gasteiger partial charge in [0.15, 0.2) is 11.5 Å². The number of rotatable bonds is 5. The Kier molecular flexibility index (Phi) is 5.15. The van der Waals surface area contributed by atoms with Crippen molar-refractivity contribution in [2.45, 2.75) is 6.92 Å². The molecule has 8 nitrogen and oxygen atoms in total. The smallest absolute Gasteiger partial charge is 0.343 e. The van der Waals surface area contributed by atoms with Crippen LogP contribution in [0.25, 0.3) is 5.82 Å². The molecule has 27 heavy (non-hydrogen) atoms. The van der Waals surface area contributed by atoms with Crippen LogP contribution in [0.3, 0.4) is 0 Å². The first kappa shape index (κ1) is 18.1. The van der Waals surface area contributed by atoms with E-state index in [-0.39, 0.29) is 12.3 Å². The maximum absolute atomic E-state index is 14.1. The summed E-state index contributed by atoms with van der Waals surface area (Å²) in [4.78, 5) is 28.1. The van der Waals surface area contributed by atoms with Crippen LogP contribution in [0.2, 0.25) is 0 Å². The van der Waals surface area contributed by atoms with Gasteiger partial charge in [-0.15, -0.1) is 10.2 Å². The molecule has 0 spiro atoms. The minimum Gasteiger partial charge on any atom is -0.462 e. The number of carbonyl (C=O) groups excluding carboxylic acids is 2. The summed E-state index contributed by atoms with van der Waals surface area (Å²) < 4.78 is 34.4. The van der Waals surface area contributed by atoms with E-state index in [1.807, 2.05) is 0 Å². The average Bonchev–Trinajstić information content (AvgIpc) is 3.20. The van der Waals surface area contributed by atoms with Gasteiger partial charge in [-0.2, -0.15) is 0 Å². The Morgan fingerprint density at radius 3 is 2.56 bits per heavy atom. The predicted octanol–water partition coefficient (Wildman–Crippen LogP) is 2.37. The van der Waals surface area contributed by atoms with E-state index >= 15 is 0 Å². The molecular weight excluding hydrogens is 360 g/mol. The van der Waals surface area contributed by atoms with Crippen LogP contribution in [0.5, 0.6) is 0 Å².